The lowest BCUT2D eigenvalue weighted by Crippen LogP contribution is -2.46. The van der Waals surface area contributed by atoms with Crippen LogP contribution in [-0.2, 0) is 21.5 Å². The van der Waals surface area contributed by atoms with E-state index in [1.54, 1.807) is 12.5 Å². The number of nitrogens with one attached hydrogen (secondary N) is 3. The molecule has 43 heavy (non-hydrogen) atoms. The molecule has 3 aliphatic rings. The van der Waals surface area contributed by atoms with E-state index in [4.69, 9.17) is 9.72 Å². The number of piperidine rings is 1. The zero-order valence-corrected chi connectivity index (χ0v) is 24.0. The Balaban J connectivity index is 1.01. The van der Waals surface area contributed by atoms with Gasteiger partial charge in [-0.15, -0.1) is 0 Å². The number of fused-ring (bicyclic) bond motifs is 2. The number of aromatic amines is 1. The lowest BCUT2D eigenvalue weighted by atomic mass is 9.91. The summed E-state index contributed by atoms with van der Waals surface area (Å²) in [5, 5.41) is 7.05. The quantitative estimate of drug-likeness (QED) is 0.268. The first-order valence-electron chi connectivity index (χ1n) is 14.9. The van der Waals surface area contributed by atoms with Gasteiger partial charge in [-0.2, -0.15) is 0 Å². The number of hydrogen-bond donors (Lipinski definition) is 3. The molecular formula is C33H35N7O3. The van der Waals surface area contributed by atoms with Crippen molar-refractivity contribution in [3.63, 3.8) is 0 Å². The molecule has 4 aromatic rings. The third-order valence-corrected chi connectivity index (χ3v) is 9.10. The Bertz CT molecular complexity index is 1680. The molecule has 0 spiro atoms. The van der Waals surface area contributed by atoms with Crippen molar-refractivity contribution >= 4 is 28.5 Å². The molecule has 2 amide bonds. The van der Waals surface area contributed by atoms with Crippen LogP contribution in [0, 0.1) is 5.92 Å². The van der Waals surface area contributed by atoms with Crippen molar-refractivity contribution in [2.24, 2.45) is 5.92 Å². The average molecular weight is 578 g/mol. The maximum absolute atomic E-state index is 13.1. The number of H-pyrrole nitrogens is 1. The fraction of sp³-hybridized carbons (Fsp3) is 0.364. The number of pyridine rings is 1. The predicted molar refractivity (Wildman–Crippen MR) is 163 cm³/mol. The van der Waals surface area contributed by atoms with Gasteiger partial charge in [0.2, 0.25) is 5.91 Å². The number of amides is 2. The molecule has 2 aliphatic heterocycles. The second-order valence-corrected chi connectivity index (χ2v) is 11.9. The minimum absolute atomic E-state index is 0.100. The number of aromatic nitrogens is 4. The maximum Gasteiger partial charge on any atom is 0.274 e. The number of hydrogen-bond acceptors (Lipinski definition) is 7. The minimum Gasteiger partial charge on any atom is -0.381 e. The van der Waals surface area contributed by atoms with Gasteiger partial charge in [-0.25, -0.2) is 9.97 Å². The van der Waals surface area contributed by atoms with Gasteiger partial charge in [0.05, 0.1) is 12.3 Å². The zero-order chi connectivity index (χ0) is 29.4. The smallest absolute Gasteiger partial charge is 0.274 e. The summed E-state index contributed by atoms with van der Waals surface area (Å²) >= 11 is 0. The summed E-state index contributed by atoms with van der Waals surface area (Å²) in [7, 11) is 0. The third-order valence-electron chi connectivity index (χ3n) is 9.10. The molecule has 3 atom stereocenters. The van der Waals surface area contributed by atoms with Crippen LogP contribution in [0.4, 0.5) is 5.69 Å². The van der Waals surface area contributed by atoms with Crippen molar-refractivity contribution in [2.45, 2.75) is 43.7 Å². The molecular weight excluding hydrogens is 542 g/mol. The lowest BCUT2D eigenvalue weighted by molar-refractivity contribution is -0.117. The van der Waals surface area contributed by atoms with E-state index in [1.165, 1.54) is 6.08 Å². The molecule has 3 fully saturated rings. The summed E-state index contributed by atoms with van der Waals surface area (Å²) in [6.07, 6.45) is 8.72. The summed E-state index contributed by atoms with van der Waals surface area (Å²) in [5.74, 6) is 0.142. The van der Waals surface area contributed by atoms with Gasteiger partial charge in [0.25, 0.3) is 5.91 Å². The number of ether oxygens (including phenoxy) is 1. The van der Waals surface area contributed by atoms with Crippen LogP contribution in [0.3, 0.4) is 0 Å². The normalized spacial score (nSPS) is 23.3. The molecule has 1 aliphatic carbocycles. The molecule has 10 nitrogen and oxygen atoms in total. The Morgan fingerprint density at radius 1 is 1.16 bits per heavy atom. The minimum atomic E-state index is -0.260. The number of nitrogens with zero attached hydrogens (tertiary/aromatic N) is 4. The molecule has 220 valence electrons. The van der Waals surface area contributed by atoms with Gasteiger partial charge in [-0.3, -0.25) is 19.5 Å². The first kappa shape index (κ1) is 27.4. The summed E-state index contributed by atoms with van der Waals surface area (Å²) in [4.78, 5) is 44.1. The Morgan fingerprint density at radius 3 is 2.88 bits per heavy atom. The monoisotopic (exact) mass is 577 g/mol. The topological polar surface area (TPSA) is 125 Å². The molecule has 10 heteroatoms. The second-order valence-electron chi connectivity index (χ2n) is 11.9. The van der Waals surface area contributed by atoms with Gasteiger partial charge in [0.1, 0.15) is 17.7 Å². The van der Waals surface area contributed by atoms with E-state index >= 15 is 0 Å². The lowest BCUT2D eigenvalue weighted by Gasteiger charge is -2.33. The van der Waals surface area contributed by atoms with E-state index in [1.807, 2.05) is 36.4 Å². The van der Waals surface area contributed by atoms with E-state index < -0.39 is 0 Å². The first-order valence-corrected chi connectivity index (χ1v) is 14.9. The highest BCUT2D eigenvalue weighted by Gasteiger charge is 2.58. The van der Waals surface area contributed by atoms with Crippen molar-refractivity contribution in [1.29, 1.82) is 0 Å². The van der Waals surface area contributed by atoms with Crippen molar-refractivity contribution in [1.82, 2.24) is 30.2 Å². The number of carbonyl (C=O) groups excluding carboxylic acids is 2. The summed E-state index contributed by atoms with van der Waals surface area (Å²) < 4.78 is 5.68. The number of carbonyl (C=O) groups is 2. The Labute approximate surface area is 250 Å². The van der Waals surface area contributed by atoms with Gasteiger partial charge in [-0.05, 0) is 85.7 Å². The van der Waals surface area contributed by atoms with E-state index in [2.05, 4.69) is 43.1 Å². The van der Waals surface area contributed by atoms with Crippen LogP contribution >= 0.6 is 0 Å². The average Bonchev–Trinajstić information content (AvgIpc) is 3.63. The van der Waals surface area contributed by atoms with Gasteiger partial charge in [-0.1, -0.05) is 18.7 Å². The van der Waals surface area contributed by atoms with Gasteiger partial charge in [0, 0.05) is 54.1 Å². The Kier molecular flexibility index (Phi) is 7.24. The SMILES string of the molecule is C=CC(=O)N[C@@H]1CCCN(Cc2ccnc(C(=O)Nc3ccc(-c4cc5c([C@@]67CCOCC6C7)ncnc5[nH]4)cc3)c2)C1. The fourth-order valence-electron chi connectivity index (χ4n) is 6.75. The van der Waals surface area contributed by atoms with E-state index in [0.717, 1.165) is 85.5 Å². The number of benzene rings is 1. The molecule has 2 saturated heterocycles. The van der Waals surface area contributed by atoms with Crippen LogP contribution < -0.4 is 10.6 Å². The van der Waals surface area contributed by atoms with Crippen LogP contribution in [-0.4, -0.2) is 69.0 Å². The van der Waals surface area contributed by atoms with Crippen molar-refractivity contribution in [2.75, 3.05) is 31.6 Å². The molecule has 1 aromatic carbocycles. The van der Waals surface area contributed by atoms with Crippen LogP contribution in [0.1, 0.15) is 47.4 Å². The van der Waals surface area contributed by atoms with Crippen LogP contribution in [0.5, 0.6) is 0 Å². The highest BCUT2D eigenvalue weighted by molar-refractivity contribution is 6.03. The van der Waals surface area contributed by atoms with Crippen molar-refractivity contribution in [3.05, 3.63) is 84.6 Å². The zero-order valence-electron chi connectivity index (χ0n) is 24.0. The standard InChI is InChI=1S/C33H35N7O3/c1-2-29(41)37-25-4-3-12-40(18-25)17-21-9-11-34-28(14-21)32(42)38-24-7-5-22(6-8-24)27-15-26-30(35-20-36-31(26)39-27)33-10-13-43-19-23(33)16-33/h2,5-9,11,14-15,20,23,25H,1,3-4,10,12-13,16-19H2,(H,37,41)(H,38,42)(H,35,36,39)/t23?,25-,33-/m1/s1. The van der Waals surface area contributed by atoms with Crippen LogP contribution in [0.2, 0.25) is 0 Å². The summed E-state index contributed by atoms with van der Waals surface area (Å²) in [6, 6.07) is 13.8. The van der Waals surface area contributed by atoms with Crippen molar-refractivity contribution < 1.29 is 14.3 Å². The van der Waals surface area contributed by atoms with Crippen LogP contribution in [0.15, 0.2) is 67.6 Å². The molecule has 5 heterocycles. The first-order chi connectivity index (χ1) is 21.0. The number of anilines is 1. The van der Waals surface area contributed by atoms with Gasteiger partial charge in [0.15, 0.2) is 0 Å². The largest absolute Gasteiger partial charge is 0.381 e. The predicted octanol–water partition coefficient (Wildman–Crippen LogP) is 4.22. The summed E-state index contributed by atoms with van der Waals surface area (Å²) in [6.45, 7) is 7.51. The van der Waals surface area contributed by atoms with Crippen molar-refractivity contribution in [3.8, 4) is 11.3 Å². The number of rotatable bonds is 8. The van der Waals surface area contributed by atoms with Gasteiger partial charge < -0.3 is 20.4 Å². The third kappa shape index (κ3) is 5.55. The van der Waals surface area contributed by atoms with Crippen LogP contribution in [0.25, 0.3) is 22.3 Å². The molecule has 1 saturated carbocycles. The molecule has 0 bridgehead atoms. The Morgan fingerprint density at radius 2 is 2.05 bits per heavy atom. The second kappa shape index (κ2) is 11.3. The van der Waals surface area contributed by atoms with E-state index in [0.29, 0.717) is 23.8 Å². The fourth-order valence-corrected chi connectivity index (χ4v) is 6.75. The Hall–Kier alpha value is -4.41. The molecule has 3 N–H and O–H groups in total. The number of likely N-dealkylation sites (tertiary alicyclic amines) is 1. The molecule has 0 radical (unpaired) electrons. The van der Waals surface area contributed by atoms with E-state index in [9.17, 15) is 9.59 Å². The molecule has 1 unspecified atom stereocenters. The van der Waals surface area contributed by atoms with Gasteiger partial charge >= 0.3 is 0 Å². The maximum atomic E-state index is 13.1. The highest BCUT2D eigenvalue weighted by atomic mass is 16.5. The molecule has 3 aromatic heterocycles. The summed E-state index contributed by atoms with van der Waals surface area (Å²) in [5.41, 5.74) is 6.13. The molecule has 7 rings (SSSR count). The van der Waals surface area contributed by atoms with E-state index in [-0.39, 0.29) is 23.3 Å². The highest BCUT2D eigenvalue weighted by Crippen LogP contribution is 2.59.